The van der Waals surface area contributed by atoms with E-state index in [2.05, 4.69) is 27.1 Å². The summed E-state index contributed by atoms with van der Waals surface area (Å²) in [4.78, 5) is 6.90. The molecular weight excluding hydrogens is 318 g/mol. The van der Waals surface area contributed by atoms with Crippen LogP contribution in [0.3, 0.4) is 0 Å². The molecule has 0 unspecified atom stereocenters. The highest BCUT2D eigenvalue weighted by Gasteiger charge is 2.28. The van der Waals surface area contributed by atoms with Crippen molar-refractivity contribution in [1.29, 1.82) is 0 Å². The fourth-order valence-corrected chi connectivity index (χ4v) is 3.09. The number of hydrogen-bond donors (Lipinski definition) is 0. The molecule has 1 aromatic carbocycles. The van der Waals surface area contributed by atoms with Crippen molar-refractivity contribution in [3.8, 4) is 11.4 Å². The van der Waals surface area contributed by atoms with Gasteiger partial charge in [0, 0.05) is 31.0 Å². The third kappa shape index (κ3) is 3.62. The Morgan fingerprint density at radius 3 is 2.92 bits per heavy atom. The van der Waals surface area contributed by atoms with Gasteiger partial charge < -0.3 is 9.26 Å². The molecule has 2 aromatic heterocycles. The predicted molar refractivity (Wildman–Crippen MR) is 91.7 cm³/mol. The number of rotatable bonds is 5. The Balaban J connectivity index is 1.43. The lowest BCUT2D eigenvalue weighted by atomic mass is 10.2. The minimum atomic E-state index is 0.0500. The van der Waals surface area contributed by atoms with Crippen molar-refractivity contribution in [1.82, 2.24) is 24.8 Å². The van der Waals surface area contributed by atoms with E-state index < -0.39 is 0 Å². The molecule has 1 fully saturated rings. The van der Waals surface area contributed by atoms with Gasteiger partial charge >= 0.3 is 0 Å². The molecule has 4 rings (SSSR count). The van der Waals surface area contributed by atoms with Crippen molar-refractivity contribution in [3.63, 3.8) is 0 Å². The molecule has 2 atom stereocenters. The Bertz CT molecular complexity index is 787. The maximum Gasteiger partial charge on any atom is 0.244 e. The molecule has 7 heteroatoms. The summed E-state index contributed by atoms with van der Waals surface area (Å²) in [5.74, 6) is 1.27. The third-order valence-electron chi connectivity index (χ3n) is 4.50. The molecule has 0 N–H and O–H groups in total. The molecule has 1 aliphatic heterocycles. The number of hydrogen-bond acceptors (Lipinski definition) is 6. The van der Waals surface area contributed by atoms with Crippen molar-refractivity contribution in [2.75, 3.05) is 19.7 Å². The molecule has 25 heavy (non-hydrogen) atoms. The lowest BCUT2D eigenvalue weighted by molar-refractivity contribution is -0.0532. The molecule has 0 bridgehead atoms. The van der Waals surface area contributed by atoms with Crippen LogP contribution >= 0.6 is 0 Å². The molecule has 0 aliphatic carbocycles. The molecule has 1 aliphatic rings. The second kappa shape index (κ2) is 7.16. The smallest absolute Gasteiger partial charge is 0.244 e. The van der Waals surface area contributed by atoms with Crippen molar-refractivity contribution < 1.29 is 9.26 Å². The Morgan fingerprint density at radius 1 is 1.24 bits per heavy atom. The van der Waals surface area contributed by atoms with Crippen LogP contribution in [0.5, 0.6) is 0 Å². The molecule has 0 saturated carbocycles. The lowest BCUT2D eigenvalue weighted by Gasteiger charge is -2.35. The highest BCUT2D eigenvalue weighted by atomic mass is 16.5. The van der Waals surface area contributed by atoms with Gasteiger partial charge in [0.1, 0.15) is 0 Å². The van der Waals surface area contributed by atoms with Gasteiger partial charge in [0.2, 0.25) is 11.7 Å². The average Bonchev–Trinajstić information content (AvgIpc) is 3.34. The van der Waals surface area contributed by atoms with E-state index in [9.17, 15) is 0 Å². The Kier molecular flexibility index (Phi) is 4.58. The Labute approximate surface area is 146 Å². The molecule has 0 spiro atoms. The zero-order chi connectivity index (χ0) is 17.1. The molecule has 3 heterocycles. The number of ether oxygens (including phenoxy) is 1. The van der Waals surface area contributed by atoms with E-state index in [0.717, 1.165) is 25.2 Å². The molecule has 3 aromatic rings. The van der Waals surface area contributed by atoms with Crippen LogP contribution in [0.4, 0.5) is 0 Å². The molecule has 130 valence electrons. The maximum atomic E-state index is 5.87. The zero-order valence-corrected chi connectivity index (χ0v) is 14.2. The van der Waals surface area contributed by atoms with E-state index in [1.54, 1.807) is 6.20 Å². The van der Waals surface area contributed by atoms with Crippen molar-refractivity contribution in [2.45, 2.75) is 25.6 Å². The second-order valence-corrected chi connectivity index (χ2v) is 6.21. The minimum Gasteiger partial charge on any atom is -0.374 e. The standard InChI is InChI=1S/C18H21N5O2/c1-14(18-20-17(21-25-18)15-6-3-2-4-7-15)22-10-11-24-16(12-22)13-23-9-5-8-19-23/h2-9,14,16H,10-13H2,1H3/t14-,16-/m0/s1. The first-order chi connectivity index (χ1) is 12.3. The first-order valence-corrected chi connectivity index (χ1v) is 8.52. The summed E-state index contributed by atoms with van der Waals surface area (Å²) >= 11 is 0. The molecule has 7 nitrogen and oxygen atoms in total. The summed E-state index contributed by atoms with van der Waals surface area (Å²) in [6, 6.07) is 11.8. The SMILES string of the molecule is C[C@@H](c1nc(-c2ccccc2)no1)N1CCO[C@H](Cn2cccn2)C1. The van der Waals surface area contributed by atoms with Gasteiger partial charge in [0.25, 0.3) is 0 Å². The van der Waals surface area contributed by atoms with Crippen LogP contribution in [0.15, 0.2) is 53.3 Å². The van der Waals surface area contributed by atoms with E-state index in [1.807, 2.05) is 47.3 Å². The molecular formula is C18H21N5O2. The van der Waals surface area contributed by atoms with Crippen LogP contribution < -0.4 is 0 Å². The van der Waals surface area contributed by atoms with Gasteiger partial charge in [0.05, 0.1) is 25.3 Å². The highest BCUT2D eigenvalue weighted by Crippen LogP contribution is 2.24. The van der Waals surface area contributed by atoms with Gasteiger partial charge in [-0.15, -0.1) is 0 Å². The zero-order valence-electron chi connectivity index (χ0n) is 14.2. The summed E-state index contributed by atoms with van der Waals surface area (Å²) in [7, 11) is 0. The number of aromatic nitrogens is 4. The van der Waals surface area contributed by atoms with Crippen LogP contribution in [0.2, 0.25) is 0 Å². The minimum absolute atomic E-state index is 0.0500. The van der Waals surface area contributed by atoms with Gasteiger partial charge in [-0.3, -0.25) is 9.58 Å². The van der Waals surface area contributed by atoms with Gasteiger partial charge in [-0.2, -0.15) is 10.1 Å². The lowest BCUT2D eigenvalue weighted by Crippen LogP contribution is -2.45. The van der Waals surface area contributed by atoms with Crippen molar-refractivity contribution in [3.05, 3.63) is 54.7 Å². The van der Waals surface area contributed by atoms with Gasteiger partial charge in [-0.1, -0.05) is 35.5 Å². The van der Waals surface area contributed by atoms with E-state index in [0.29, 0.717) is 18.3 Å². The van der Waals surface area contributed by atoms with Gasteiger partial charge in [-0.05, 0) is 13.0 Å². The average molecular weight is 339 g/mol. The third-order valence-corrected chi connectivity index (χ3v) is 4.50. The molecule has 1 saturated heterocycles. The summed E-state index contributed by atoms with van der Waals surface area (Å²) in [6.45, 7) is 5.19. The topological polar surface area (TPSA) is 69.2 Å². The first kappa shape index (κ1) is 16.0. The van der Waals surface area contributed by atoms with Crippen LogP contribution in [-0.4, -0.2) is 50.6 Å². The van der Waals surface area contributed by atoms with Gasteiger partial charge in [0.15, 0.2) is 0 Å². The van der Waals surface area contributed by atoms with E-state index in [1.165, 1.54) is 0 Å². The van der Waals surface area contributed by atoms with Crippen LogP contribution in [0, 0.1) is 0 Å². The number of benzene rings is 1. The summed E-state index contributed by atoms with van der Waals surface area (Å²) < 4.78 is 13.3. The largest absolute Gasteiger partial charge is 0.374 e. The first-order valence-electron chi connectivity index (χ1n) is 8.52. The van der Waals surface area contributed by atoms with Crippen molar-refractivity contribution in [2.24, 2.45) is 0 Å². The fraction of sp³-hybridized carbons (Fsp3) is 0.389. The summed E-state index contributed by atoms with van der Waals surface area (Å²) in [5.41, 5.74) is 0.961. The Hall–Kier alpha value is -2.51. The summed E-state index contributed by atoms with van der Waals surface area (Å²) in [5, 5.41) is 8.38. The van der Waals surface area contributed by atoms with E-state index in [4.69, 9.17) is 9.26 Å². The maximum absolute atomic E-state index is 5.87. The highest BCUT2D eigenvalue weighted by molar-refractivity contribution is 5.53. The van der Waals surface area contributed by atoms with E-state index >= 15 is 0 Å². The van der Waals surface area contributed by atoms with Crippen LogP contribution in [-0.2, 0) is 11.3 Å². The van der Waals surface area contributed by atoms with Crippen LogP contribution in [0.25, 0.3) is 11.4 Å². The van der Waals surface area contributed by atoms with Gasteiger partial charge in [-0.25, -0.2) is 0 Å². The van der Waals surface area contributed by atoms with Crippen LogP contribution in [0.1, 0.15) is 18.9 Å². The normalized spacial score (nSPS) is 19.8. The Morgan fingerprint density at radius 2 is 2.12 bits per heavy atom. The van der Waals surface area contributed by atoms with E-state index in [-0.39, 0.29) is 12.1 Å². The number of morpholine rings is 1. The number of nitrogens with zero attached hydrogens (tertiary/aromatic N) is 5. The summed E-state index contributed by atoms with van der Waals surface area (Å²) in [6.07, 6.45) is 3.84. The predicted octanol–water partition coefficient (Wildman–Crippen LogP) is 2.40. The molecule has 0 radical (unpaired) electrons. The molecule has 0 amide bonds. The second-order valence-electron chi connectivity index (χ2n) is 6.21. The monoisotopic (exact) mass is 339 g/mol. The van der Waals surface area contributed by atoms with Crippen molar-refractivity contribution >= 4 is 0 Å². The quantitative estimate of drug-likeness (QED) is 0.711. The fourth-order valence-electron chi connectivity index (χ4n) is 3.09.